The Bertz CT molecular complexity index is 576. The molecule has 0 aromatic heterocycles. The van der Waals surface area contributed by atoms with Crippen LogP contribution in [0.15, 0.2) is 12.2 Å². The molecule has 0 aromatic rings. The molecule has 5 rings (SSSR count). The van der Waals surface area contributed by atoms with Crippen molar-refractivity contribution in [3.63, 3.8) is 0 Å². The number of hydrogen-bond acceptors (Lipinski definition) is 2. The summed E-state index contributed by atoms with van der Waals surface area (Å²) in [7, 11) is 0. The Morgan fingerprint density at radius 2 is 1.91 bits per heavy atom. The third-order valence-corrected chi connectivity index (χ3v) is 7.19. The van der Waals surface area contributed by atoms with E-state index in [2.05, 4.69) is 37.8 Å². The van der Waals surface area contributed by atoms with Gasteiger partial charge < -0.3 is 9.47 Å². The lowest BCUT2D eigenvalue weighted by atomic mass is 9.69. The molecule has 8 atom stereocenters. The van der Waals surface area contributed by atoms with Crippen LogP contribution in [0.5, 0.6) is 0 Å². The van der Waals surface area contributed by atoms with Gasteiger partial charge in [-0.3, -0.25) is 0 Å². The first-order valence-electron chi connectivity index (χ1n) is 9.54. The van der Waals surface area contributed by atoms with E-state index in [1.807, 2.05) is 0 Å². The van der Waals surface area contributed by atoms with Gasteiger partial charge in [0.1, 0.15) is 11.7 Å². The molecule has 0 N–H and O–H groups in total. The lowest BCUT2D eigenvalue weighted by Gasteiger charge is -2.36. The van der Waals surface area contributed by atoms with Gasteiger partial charge in [-0.15, -0.1) is 0 Å². The number of hydrogen-bond donors (Lipinski definition) is 0. The molecule has 4 bridgehead atoms. The van der Waals surface area contributed by atoms with E-state index < -0.39 is 0 Å². The quantitative estimate of drug-likeness (QED) is 0.342. The van der Waals surface area contributed by atoms with Gasteiger partial charge in [0.2, 0.25) is 0 Å². The van der Waals surface area contributed by atoms with Gasteiger partial charge in [0, 0.05) is 6.42 Å². The van der Waals surface area contributed by atoms with Crippen molar-refractivity contribution < 1.29 is 9.47 Å². The summed E-state index contributed by atoms with van der Waals surface area (Å²) in [5, 5.41) is 0. The first-order chi connectivity index (χ1) is 11.1. The van der Waals surface area contributed by atoms with Gasteiger partial charge >= 0.3 is 0 Å². The summed E-state index contributed by atoms with van der Waals surface area (Å²) < 4.78 is 11.1. The molecule has 5 aliphatic rings. The normalized spacial score (nSPS) is 48.4. The molecule has 1 saturated heterocycles. The number of epoxide rings is 1. The van der Waals surface area contributed by atoms with Crippen LogP contribution in [0.4, 0.5) is 0 Å². The minimum atomic E-state index is -0.332. The lowest BCUT2D eigenvalue weighted by molar-refractivity contribution is 0.0177. The average Bonchev–Trinajstić information content (AvgIpc) is 2.92. The van der Waals surface area contributed by atoms with Crippen LogP contribution in [-0.2, 0) is 9.47 Å². The van der Waals surface area contributed by atoms with Crippen LogP contribution >= 0.6 is 0 Å². The standard InChI is InChI=1S/C21H28O2/c1-21(2,23-12-17-11-22-17)7-3-4-13-8-16-10-18(13)20-15-6-5-14(9-15)19(16)20/h5-6,13-20H,4,8-12H2,1-2H3/t13-,14+,15+,16+,17-,18-,19-,20+/m1/s1. The molecule has 0 spiro atoms. The molecule has 1 heterocycles. The van der Waals surface area contributed by atoms with Crippen molar-refractivity contribution in [2.45, 2.75) is 51.2 Å². The predicted octanol–water partition coefficient (Wildman–Crippen LogP) is 3.67. The first-order valence-corrected chi connectivity index (χ1v) is 9.54. The lowest BCUT2D eigenvalue weighted by Crippen LogP contribution is -2.31. The van der Waals surface area contributed by atoms with E-state index in [0.29, 0.717) is 12.7 Å². The van der Waals surface area contributed by atoms with Crippen LogP contribution in [0.2, 0.25) is 0 Å². The van der Waals surface area contributed by atoms with Crippen LogP contribution < -0.4 is 0 Å². The van der Waals surface area contributed by atoms with Gasteiger partial charge in [0.05, 0.1) is 13.2 Å². The van der Waals surface area contributed by atoms with Crippen LogP contribution in [0.3, 0.4) is 0 Å². The minimum Gasteiger partial charge on any atom is -0.371 e. The maximum absolute atomic E-state index is 5.88. The fourth-order valence-electron chi connectivity index (χ4n) is 6.28. The molecule has 0 amide bonds. The molecular weight excluding hydrogens is 284 g/mol. The highest BCUT2D eigenvalue weighted by Crippen LogP contribution is 2.67. The number of fused-ring (bicyclic) bond motifs is 9. The van der Waals surface area contributed by atoms with Gasteiger partial charge in [0.25, 0.3) is 0 Å². The summed E-state index contributed by atoms with van der Waals surface area (Å²) in [4.78, 5) is 0. The van der Waals surface area contributed by atoms with Crippen molar-refractivity contribution in [2.24, 2.45) is 41.4 Å². The zero-order valence-electron chi connectivity index (χ0n) is 14.3. The zero-order chi connectivity index (χ0) is 15.6. The van der Waals surface area contributed by atoms with Crippen LogP contribution in [0.25, 0.3) is 0 Å². The molecule has 124 valence electrons. The fourth-order valence-corrected chi connectivity index (χ4v) is 6.28. The van der Waals surface area contributed by atoms with Crippen molar-refractivity contribution in [1.82, 2.24) is 0 Å². The van der Waals surface area contributed by atoms with E-state index in [9.17, 15) is 0 Å². The Hall–Kier alpha value is -0.780. The highest BCUT2D eigenvalue weighted by atomic mass is 16.6. The van der Waals surface area contributed by atoms with Crippen LogP contribution in [0.1, 0.15) is 39.5 Å². The van der Waals surface area contributed by atoms with Crippen molar-refractivity contribution in [2.75, 3.05) is 13.2 Å². The topological polar surface area (TPSA) is 21.8 Å². The van der Waals surface area contributed by atoms with Crippen LogP contribution in [-0.4, -0.2) is 24.9 Å². The van der Waals surface area contributed by atoms with Gasteiger partial charge in [-0.1, -0.05) is 24.0 Å². The third kappa shape index (κ3) is 2.48. The van der Waals surface area contributed by atoms with E-state index in [1.54, 1.807) is 0 Å². The number of ether oxygens (including phenoxy) is 2. The second kappa shape index (κ2) is 5.11. The van der Waals surface area contributed by atoms with Crippen molar-refractivity contribution >= 4 is 0 Å². The van der Waals surface area contributed by atoms with Crippen LogP contribution in [0, 0.1) is 53.3 Å². The summed E-state index contributed by atoms with van der Waals surface area (Å²) in [5.74, 6) is 13.6. The Kier molecular flexibility index (Phi) is 3.23. The molecule has 4 fully saturated rings. The maximum atomic E-state index is 5.88. The van der Waals surface area contributed by atoms with E-state index in [1.165, 1.54) is 19.3 Å². The molecule has 3 saturated carbocycles. The largest absolute Gasteiger partial charge is 0.371 e. The summed E-state index contributed by atoms with van der Waals surface area (Å²) in [6, 6.07) is 0. The van der Waals surface area contributed by atoms with E-state index in [4.69, 9.17) is 9.47 Å². The second-order valence-corrected chi connectivity index (χ2v) is 9.04. The molecule has 0 unspecified atom stereocenters. The predicted molar refractivity (Wildman–Crippen MR) is 89.6 cm³/mol. The fraction of sp³-hybridized carbons (Fsp3) is 0.810. The average molecular weight is 312 g/mol. The van der Waals surface area contributed by atoms with Gasteiger partial charge in [-0.25, -0.2) is 0 Å². The van der Waals surface area contributed by atoms with Gasteiger partial charge in [0.15, 0.2) is 0 Å². The summed E-state index contributed by atoms with van der Waals surface area (Å²) in [5.41, 5.74) is -0.332. The highest BCUT2D eigenvalue weighted by molar-refractivity contribution is 5.21. The van der Waals surface area contributed by atoms with Crippen molar-refractivity contribution in [1.29, 1.82) is 0 Å². The van der Waals surface area contributed by atoms with Gasteiger partial charge in [-0.2, -0.15) is 0 Å². The smallest absolute Gasteiger partial charge is 0.123 e. The summed E-state index contributed by atoms with van der Waals surface area (Å²) in [6.45, 7) is 5.71. The monoisotopic (exact) mass is 312 g/mol. The Labute approximate surface area is 140 Å². The molecule has 23 heavy (non-hydrogen) atoms. The highest BCUT2D eigenvalue weighted by Gasteiger charge is 2.60. The molecule has 4 aliphatic carbocycles. The van der Waals surface area contributed by atoms with Gasteiger partial charge in [-0.05, 0) is 74.5 Å². The van der Waals surface area contributed by atoms with Crippen molar-refractivity contribution in [3.8, 4) is 11.8 Å². The Morgan fingerprint density at radius 3 is 2.70 bits per heavy atom. The van der Waals surface area contributed by atoms with E-state index in [-0.39, 0.29) is 5.60 Å². The number of allylic oxidation sites excluding steroid dienone is 2. The first kappa shape index (κ1) is 14.6. The molecule has 0 radical (unpaired) electrons. The number of rotatable bonds is 4. The second-order valence-electron chi connectivity index (χ2n) is 9.04. The van der Waals surface area contributed by atoms with E-state index in [0.717, 1.165) is 54.5 Å². The van der Waals surface area contributed by atoms with E-state index >= 15 is 0 Å². The SMILES string of the molecule is CC(C)(C#CC[C@@H]1C[C@H]2C[C@H]1[C@H]1[C@@H]2[C@H]2C=C[C@H]1C2)OC[C@H]1CO1. The summed E-state index contributed by atoms with van der Waals surface area (Å²) >= 11 is 0. The zero-order valence-corrected chi connectivity index (χ0v) is 14.3. The molecular formula is C21H28O2. The third-order valence-electron chi connectivity index (χ3n) is 7.19. The molecule has 2 heteroatoms. The van der Waals surface area contributed by atoms with Crippen molar-refractivity contribution in [3.05, 3.63) is 12.2 Å². The molecule has 2 nitrogen and oxygen atoms in total. The Morgan fingerprint density at radius 1 is 1.13 bits per heavy atom. The summed E-state index contributed by atoms with van der Waals surface area (Å²) in [6.07, 6.45) is 10.9. The Balaban J connectivity index is 1.20. The maximum Gasteiger partial charge on any atom is 0.123 e. The minimum absolute atomic E-state index is 0.324. The molecule has 1 aliphatic heterocycles. The molecule has 0 aromatic carbocycles.